The van der Waals surface area contributed by atoms with E-state index < -0.39 is 23.4 Å². The third-order valence-electron chi connectivity index (χ3n) is 2.46. The zero-order valence-corrected chi connectivity index (χ0v) is 8.29. The van der Waals surface area contributed by atoms with E-state index in [1.54, 1.807) is 0 Å². The Hall–Kier alpha value is -0.210. The van der Waals surface area contributed by atoms with Gasteiger partial charge in [0.1, 0.15) is 0 Å². The molecule has 0 bridgehead atoms. The first-order valence-corrected chi connectivity index (χ1v) is 4.20. The van der Waals surface area contributed by atoms with Gasteiger partial charge in [-0.25, -0.2) is 13.2 Å². The number of halogens is 3. The molecule has 0 nitrogen and oxygen atoms in total. The molecule has 0 aliphatic carbocycles. The normalized spacial score (nSPS) is 18.5. The summed E-state index contributed by atoms with van der Waals surface area (Å²) in [5.41, 5.74) is -2.42. The van der Waals surface area contributed by atoms with Gasteiger partial charge in [-0.3, -0.25) is 0 Å². The Balaban J connectivity index is 4.75. The minimum absolute atomic E-state index is 0.671. The SMILES string of the molecule is CC(C)C(F)(F)[C@](C)(F)C(C)C. The summed E-state index contributed by atoms with van der Waals surface area (Å²) in [4.78, 5) is 0. The number of hydrogen-bond acceptors (Lipinski definition) is 0. The lowest BCUT2D eigenvalue weighted by Crippen LogP contribution is -2.49. The summed E-state index contributed by atoms with van der Waals surface area (Å²) < 4.78 is 39.9. The van der Waals surface area contributed by atoms with Crippen LogP contribution in [0.25, 0.3) is 0 Å². The second kappa shape index (κ2) is 3.27. The molecule has 0 aliphatic heterocycles. The third-order valence-corrected chi connectivity index (χ3v) is 2.46. The highest BCUT2D eigenvalue weighted by atomic mass is 19.3. The molecule has 0 rings (SSSR count). The largest absolute Gasteiger partial charge is 0.283 e. The molecule has 0 N–H and O–H groups in total. The van der Waals surface area contributed by atoms with Crippen LogP contribution in [0.4, 0.5) is 13.2 Å². The highest BCUT2D eigenvalue weighted by Crippen LogP contribution is 2.42. The summed E-state index contributed by atoms with van der Waals surface area (Å²) in [6.07, 6.45) is 0. The number of rotatable bonds is 3. The molecule has 3 heteroatoms. The highest BCUT2D eigenvalue weighted by molar-refractivity contribution is 4.94. The van der Waals surface area contributed by atoms with Crippen molar-refractivity contribution in [2.45, 2.75) is 46.2 Å². The molecule has 74 valence electrons. The van der Waals surface area contributed by atoms with Gasteiger partial charge in [0.2, 0.25) is 0 Å². The fourth-order valence-electron chi connectivity index (χ4n) is 0.949. The zero-order chi connectivity index (χ0) is 10.2. The molecule has 0 radical (unpaired) electrons. The molecule has 12 heavy (non-hydrogen) atoms. The Morgan fingerprint density at radius 1 is 0.833 bits per heavy atom. The van der Waals surface area contributed by atoms with Crippen LogP contribution in [0.1, 0.15) is 34.6 Å². The van der Waals surface area contributed by atoms with Crippen LogP contribution in [0.5, 0.6) is 0 Å². The molecule has 0 amide bonds. The standard InChI is InChI=1S/C9H17F3/c1-6(2)8(5,10)9(11,12)7(3)4/h6-7H,1-5H3/t8-/m1/s1. The van der Waals surface area contributed by atoms with Crippen LogP contribution in [0.2, 0.25) is 0 Å². The average Bonchev–Trinajstić information content (AvgIpc) is 1.86. The predicted molar refractivity (Wildman–Crippen MR) is 44.1 cm³/mol. The molecule has 0 aromatic rings. The van der Waals surface area contributed by atoms with E-state index in [0.717, 1.165) is 6.92 Å². The van der Waals surface area contributed by atoms with Gasteiger partial charge in [-0.1, -0.05) is 27.7 Å². The Labute approximate surface area is 72.2 Å². The molecule has 0 unspecified atom stereocenters. The van der Waals surface area contributed by atoms with Crippen LogP contribution in [0, 0.1) is 11.8 Å². The van der Waals surface area contributed by atoms with Gasteiger partial charge in [0.25, 0.3) is 5.92 Å². The van der Waals surface area contributed by atoms with Crippen LogP contribution in [0.15, 0.2) is 0 Å². The molecule has 0 spiro atoms. The summed E-state index contributed by atoms with van der Waals surface area (Å²) >= 11 is 0. The molecular weight excluding hydrogens is 165 g/mol. The molecule has 0 fully saturated rings. The van der Waals surface area contributed by atoms with Gasteiger partial charge >= 0.3 is 0 Å². The summed E-state index contributed by atoms with van der Waals surface area (Å²) in [6, 6.07) is 0. The van der Waals surface area contributed by atoms with E-state index >= 15 is 0 Å². The van der Waals surface area contributed by atoms with Crippen molar-refractivity contribution in [1.29, 1.82) is 0 Å². The molecule has 0 saturated heterocycles. The van der Waals surface area contributed by atoms with Crippen molar-refractivity contribution >= 4 is 0 Å². The summed E-state index contributed by atoms with van der Waals surface area (Å²) in [7, 11) is 0. The average molecular weight is 182 g/mol. The van der Waals surface area contributed by atoms with Gasteiger partial charge < -0.3 is 0 Å². The predicted octanol–water partition coefficient (Wildman–Crippen LogP) is 3.66. The van der Waals surface area contributed by atoms with Crippen molar-refractivity contribution in [3.63, 3.8) is 0 Å². The first-order valence-electron chi connectivity index (χ1n) is 4.20. The zero-order valence-electron chi connectivity index (χ0n) is 8.29. The van der Waals surface area contributed by atoms with Crippen molar-refractivity contribution in [2.24, 2.45) is 11.8 Å². The Kier molecular flexibility index (Phi) is 3.21. The smallest absolute Gasteiger partial charge is 0.237 e. The second-order valence-electron chi connectivity index (χ2n) is 4.01. The maximum Gasteiger partial charge on any atom is 0.283 e. The van der Waals surface area contributed by atoms with Crippen LogP contribution in [-0.2, 0) is 0 Å². The van der Waals surface area contributed by atoms with Gasteiger partial charge in [-0.05, 0) is 12.8 Å². The van der Waals surface area contributed by atoms with E-state index in [9.17, 15) is 13.2 Å². The van der Waals surface area contributed by atoms with E-state index in [1.165, 1.54) is 27.7 Å². The van der Waals surface area contributed by atoms with Gasteiger partial charge in [0, 0.05) is 5.92 Å². The van der Waals surface area contributed by atoms with Crippen LogP contribution in [0.3, 0.4) is 0 Å². The summed E-state index contributed by atoms with van der Waals surface area (Å²) in [5, 5.41) is 0. The Bertz CT molecular complexity index is 130. The van der Waals surface area contributed by atoms with E-state index in [-0.39, 0.29) is 0 Å². The number of hydrogen-bond donors (Lipinski definition) is 0. The topological polar surface area (TPSA) is 0 Å². The monoisotopic (exact) mass is 182 g/mol. The first-order chi connectivity index (χ1) is 5.14. The lowest BCUT2D eigenvalue weighted by atomic mass is 9.82. The van der Waals surface area contributed by atoms with E-state index in [0.29, 0.717) is 0 Å². The second-order valence-corrected chi connectivity index (χ2v) is 4.01. The maximum absolute atomic E-state index is 13.5. The number of alkyl halides is 3. The molecule has 0 aliphatic rings. The minimum atomic E-state index is -3.25. The molecule has 0 aromatic carbocycles. The molecule has 0 aromatic heterocycles. The van der Waals surface area contributed by atoms with E-state index in [1.807, 2.05) is 0 Å². The van der Waals surface area contributed by atoms with Gasteiger partial charge in [-0.2, -0.15) is 0 Å². The van der Waals surface area contributed by atoms with Gasteiger partial charge in [0.15, 0.2) is 5.67 Å². The van der Waals surface area contributed by atoms with Crippen molar-refractivity contribution in [3.05, 3.63) is 0 Å². The fourth-order valence-corrected chi connectivity index (χ4v) is 0.949. The van der Waals surface area contributed by atoms with Crippen LogP contribution >= 0.6 is 0 Å². The quantitative estimate of drug-likeness (QED) is 0.624. The fraction of sp³-hybridized carbons (Fsp3) is 1.00. The lowest BCUT2D eigenvalue weighted by Gasteiger charge is -2.36. The van der Waals surface area contributed by atoms with Crippen molar-refractivity contribution < 1.29 is 13.2 Å². The minimum Gasteiger partial charge on any atom is -0.237 e. The van der Waals surface area contributed by atoms with Gasteiger partial charge in [0.05, 0.1) is 0 Å². The summed E-state index contributed by atoms with van der Waals surface area (Å²) in [6.45, 7) is 6.57. The Morgan fingerprint density at radius 2 is 1.17 bits per heavy atom. The van der Waals surface area contributed by atoms with E-state index in [4.69, 9.17) is 0 Å². The maximum atomic E-state index is 13.5. The van der Waals surface area contributed by atoms with Crippen LogP contribution in [-0.4, -0.2) is 11.6 Å². The summed E-state index contributed by atoms with van der Waals surface area (Å²) in [5.74, 6) is -4.88. The first kappa shape index (κ1) is 11.8. The van der Waals surface area contributed by atoms with Gasteiger partial charge in [-0.15, -0.1) is 0 Å². The third kappa shape index (κ3) is 1.75. The Morgan fingerprint density at radius 3 is 1.25 bits per heavy atom. The van der Waals surface area contributed by atoms with Crippen molar-refractivity contribution in [2.75, 3.05) is 0 Å². The highest BCUT2D eigenvalue weighted by Gasteiger charge is 2.54. The van der Waals surface area contributed by atoms with E-state index in [2.05, 4.69) is 0 Å². The molecular formula is C9H17F3. The molecule has 0 heterocycles. The van der Waals surface area contributed by atoms with Crippen molar-refractivity contribution in [3.8, 4) is 0 Å². The van der Waals surface area contributed by atoms with Crippen LogP contribution < -0.4 is 0 Å². The molecule has 1 atom stereocenters. The molecule has 0 saturated carbocycles. The lowest BCUT2D eigenvalue weighted by molar-refractivity contribution is -0.177. The van der Waals surface area contributed by atoms with Crippen molar-refractivity contribution in [1.82, 2.24) is 0 Å².